The van der Waals surface area contributed by atoms with Crippen LogP contribution in [0.3, 0.4) is 0 Å². The van der Waals surface area contributed by atoms with Gasteiger partial charge in [0, 0.05) is 10.9 Å². The monoisotopic (exact) mass is 317 g/mol. The van der Waals surface area contributed by atoms with Crippen molar-refractivity contribution in [3.05, 3.63) is 53.6 Å². The zero-order chi connectivity index (χ0) is 16.6. The molecule has 2 aromatic carbocycles. The third-order valence-electron chi connectivity index (χ3n) is 3.66. The van der Waals surface area contributed by atoms with E-state index < -0.39 is 17.6 Å². The summed E-state index contributed by atoms with van der Waals surface area (Å²) >= 11 is 0. The van der Waals surface area contributed by atoms with Crippen LogP contribution in [0.1, 0.15) is 5.56 Å². The molecule has 0 aliphatic heterocycles. The number of aromatic nitrogens is 1. The molecular formula is C17H13F2NO3. The van der Waals surface area contributed by atoms with E-state index in [1.54, 1.807) is 12.1 Å². The van der Waals surface area contributed by atoms with Crippen LogP contribution in [0.5, 0.6) is 5.75 Å². The van der Waals surface area contributed by atoms with Crippen LogP contribution in [-0.2, 0) is 11.2 Å². The van der Waals surface area contributed by atoms with Gasteiger partial charge in [-0.25, -0.2) is 8.78 Å². The number of carboxylic acids is 1. The van der Waals surface area contributed by atoms with E-state index in [0.29, 0.717) is 22.2 Å². The zero-order valence-electron chi connectivity index (χ0n) is 12.2. The van der Waals surface area contributed by atoms with Gasteiger partial charge >= 0.3 is 5.97 Å². The third-order valence-corrected chi connectivity index (χ3v) is 3.66. The molecule has 2 N–H and O–H groups in total. The second kappa shape index (κ2) is 5.72. The lowest BCUT2D eigenvalue weighted by Crippen LogP contribution is -2.01. The molecule has 6 heteroatoms. The molecule has 118 valence electrons. The van der Waals surface area contributed by atoms with Gasteiger partial charge < -0.3 is 14.8 Å². The average molecular weight is 317 g/mol. The number of benzene rings is 2. The summed E-state index contributed by atoms with van der Waals surface area (Å²) in [4.78, 5) is 14.0. The molecule has 1 aromatic heterocycles. The van der Waals surface area contributed by atoms with Crippen molar-refractivity contribution in [2.24, 2.45) is 0 Å². The zero-order valence-corrected chi connectivity index (χ0v) is 12.2. The van der Waals surface area contributed by atoms with Gasteiger partial charge in [0.15, 0.2) is 11.6 Å². The number of nitrogens with one attached hydrogen (secondary N) is 1. The summed E-state index contributed by atoms with van der Waals surface area (Å²) in [5, 5.41) is 9.59. The predicted molar refractivity (Wildman–Crippen MR) is 81.5 cm³/mol. The van der Waals surface area contributed by atoms with Gasteiger partial charge in [0.05, 0.1) is 24.7 Å². The Labute approximate surface area is 130 Å². The highest BCUT2D eigenvalue weighted by Crippen LogP contribution is 2.33. The maximum atomic E-state index is 14.0. The van der Waals surface area contributed by atoms with Gasteiger partial charge in [-0.05, 0) is 29.8 Å². The number of hydrogen-bond acceptors (Lipinski definition) is 2. The third kappa shape index (κ3) is 2.63. The highest BCUT2D eigenvalue weighted by Gasteiger charge is 2.18. The molecule has 0 atom stereocenters. The summed E-state index contributed by atoms with van der Waals surface area (Å²) in [5.41, 5.74) is 1.43. The van der Waals surface area contributed by atoms with Crippen LogP contribution in [-0.4, -0.2) is 23.2 Å². The Morgan fingerprint density at radius 2 is 2.00 bits per heavy atom. The Kier molecular flexibility index (Phi) is 3.73. The summed E-state index contributed by atoms with van der Waals surface area (Å²) in [6.07, 6.45) is -0.299. The normalized spacial score (nSPS) is 10.9. The van der Waals surface area contributed by atoms with Crippen molar-refractivity contribution >= 4 is 16.9 Å². The first-order valence-electron chi connectivity index (χ1n) is 6.86. The van der Waals surface area contributed by atoms with Crippen molar-refractivity contribution in [2.45, 2.75) is 6.42 Å². The van der Waals surface area contributed by atoms with Gasteiger partial charge in [-0.15, -0.1) is 0 Å². The van der Waals surface area contributed by atoms with Crippen molar-refractivity contribution in [1.29, 1.82) is 0 Å². The highest BCUT2D eigenvalue weighted by molar-refractivity contribution is 5.94. The molecule has 23 heavy (non-hydrogen) atoms. The Bertz CT molecular complexity index is 902. The number of rotatable bonds is 4. The molecule has 0 unspecified atom stereocenters. The quantitative estimate of drug-likeness (QED) is 0.770. The fraction of sp³-hybridized carbons (Fsp3) is 0.118. The summed E-state index contributed by atoms with van der Waals surface area (Å²) in [7, 11) is 1.35. The summed E-state index contributed by atoms with van der Waals surface area (Å²) in [6, 6.07) is 8.69. The Morgan fingerprint density at radius 3 is 2.65 bits per heavy atom. The van der Waals surface area contributed by atoms with Crippen LogP contribution in [0.4, 0.5) is 8.78 Å². The molecule has 0 saturated heterocycles. The van der Waals surface area contributed by atoms with Crippen LogP contribution >= 0.6 is 0 Å². The van der Waals surface area contributed by atoms with Crippen LogP contribution in [0.25, 0.3) is 22.2 Å². The van der Waals surface area contributed by atoms with E-state index in [-0.39, 0.29) is 17.7 Å². The topological polar surface area (TPSA) is 62.3 Å². The fourth-order valence-corrected chi connectivity index (χ4v) is 2.64. The predicted octanol–water partition coefficient (Wildman–Crippen LogP) is 3.75. The van der Waals surface area contributed by atoms with Crippen molar-refractivity contribution in [1.82, 2.24) is 4.98 Å². The second-order valence-electron chi connectivity index (χ2n) is 5.06. The van der Waals surface area contributed by atoms with E-state index in [1.165, 1.54) is 31.4 Å². The number of fused-ring (bicyclic) bond motifs is 1. The van der Waals surface area contributed by atoms with Crippen LogP contribution < -0.4 is 4.74 Å². The first kappa shape index (κ1) is 15.0. The number of halogens is 2. The first-order chi connectivity index (χ1) is 11.0. The molecule has 0 saturated carbocycles. The number of aliphatic carboxylic acids is 1. The van der Waals surface area contributed by atoms with Crippen molar-refractivity contribution in [2.75, 3.05) is 7.11 Å². The first-order valence-corrected chi connectivity index (χ1v) is 6.86. The average Bonchev–Trinajstić information content (AvgIpc) is 2.87. The van der Waals surface area contributed by atoms with Gasteiger partial charge in [-0.2, -0.15) is 0 Å². The van der Waals surface area contributed by atoms with E-state index in [4.69, 9.17) is 9.84 Å². The van der Waals surface area contributed by atoms with E-state index in [9.17, 15) is 13.6 Å². The second-order valence-corrected chi connectivity index (χ2v) is 5.06. The van der Waals surface area contributed by atoms with Gasteiger partial charge in [0.1, 0.15) is 5.82 Å². The highest BCUT2D eigenvalue weighted by atomic mass is 19.1. The number of methoxy groups -OCH3 is 1. The minimum absolute atomic E-state index is 0.0795. The SMILES string of the molecule is COc1ccc(-c2[nH]c3c(F)cccc3c2CC(=O)O)cc1F. The van der Waals surface area contributed by atoms with Gasteiger partial charge in [0.2, 0.25) is 0 Å². The largest absolute Gasteiger partial charge is 0.494 e. The maximum absolute atomic E-state index is 14.0. The maximum Gasteiger partial charge on any atom is 0.307 e. The number of H-pyrrole nitrogens is 1. The van der Waals surface area contributed by atoms with E-state index in [1.807, 2.05) is 0 Å². The van der Waals surface area contributed by atoms with Crippen molar-refractivity contribution in [3.63, 3.8) is 0 Å². The van der Waals surface area contributed by atoms with Crippen molar-refractivity contribution < 1.29 is 23.4 Å². The van der Waals surface area contributed by atoms with Crippen LogP contribution in [0, 0.1) is 11.6 Å². The standard InChI is InChI=1S/C17H13F2NO3/c1-23-14-6-5-9(7-13(14)19)16-11(8-15(21)22)10-3-2-4-12(18)17(10)20-16/h2-7,20H,8H2,1H3,(H,21,22). The molecule has 0 radical (unpaired) electrons. The number of carboxylic acid groups (broad SMARTS) is 1. The fourth-order valence-electron chi connectivity index (χ4n) is 2.64. The minimum atomic E-state index is -1.05. The van der Waals surface area contributed by atoms with E-state index in [0.717, 1.165) is 0 Å². The smallest absolute Gasteiger partial charge is 0.307 e. The molecule has 0 spiro atoms. The minimum Gasteiger partial charge on any atom is -0.494 e. The number of hydrogen-bond donors (Lipinski definition) is 2. The lowest BCUT2D eigenvalue weighted by atomic mass is 10.0. The Hall–Kier alpha value is -2.89. The molecule has 0 fully saturated rings. The van der Waals surface area contributed by atoms with E-state index >= 15 is 0 Å². The Morgan fingerprint density at radius 1 is 1.22 bits per heavy atom. The lowest BCUT2D eigenvalue weighted by molar-refractivity contribution is -0.136. The van der Waals surface area contributed by atoms with E-state index in [2.05, 4.69) is 4.98 Å². The number of aromatic amines is 1. The van der Waals surface area contributed by atoms with Crippen molar-refractivity contribution in [3.8, 4) is 17.0 Å². The molecular weight excluding hydrogens is 304 g/mol. The molecule has 1 heterocycles. The lowest BCUT2D eigenvalue weighted by Gasteiger charge is -2.06. The van der Waals surface area contributed by atoms with Crippen LogP contribution in [0.2, 0.25) is 0 Å². The summed E-state index contributed by atoms with van der Waals surface area (Å²) in [5.74, 6) is -2.04. The number of ether oxygens (including phenoxy) is 1. The van der Waals surface area contributed by atoms with Crippen LogP contribution in [0.15, 0.2) is 36.4 Å². The molecule has 3 rings (SSSR count). The number of para-hydroxylation sites is 1. The number of carbonyl (C=O) groups is 1. The van der Waals surface area contributed by atoms with Gasteiger partial charge in [-0.1, -0.05) is 12.1 Å². The molecule has 0 amide bonds. The summed E-state index contributed by atoms with van der Waals surface area (Å²) in [6.45, 7) is 0. The molecule has 3 aromatic rings. The molecule has 0 aliphatic rings. The summed E-state index contributed by atoms with van der Waals surface area (Å²) < 4.78 is 32.8. The molecule has 4 nitrogen and oxygen atoms in total. The Balaban J connectivity index is 2.25. The van der Waals surface area contributed by atoms with Gasteiger partial charge in [-0.3, -0.25) is 4.79 Å². The molecule has 0 bridgehead atoms. The molecule has 0 aliphatic carbocycles. The van der Waals surface area contributed by atoms with Gasteiger partial charge in [0.25, 0.3) is 0 Å².